The predicted molar refractivity (Wildman–Crippen MR) is 118 cm³/mol. The third kappa shape index (κ3) is 4.52. The topological polar surface area (TPSA) is 64.1 Å². The molecule has 1 amide bonds. The lowest BCUT2D eigenvalue weighted by Gasteiger charge is -2.08. The minimum Gasteiger partial charge on any atom is -0.477 e. The highest BCUT2D eigenvalue weighted by molar-refractivity contribution is 6.04. The number of nitrogens with zero attached hydrogens (tertiary/aromatic N) is 2. The van der Waals surface area contributed by atoms with Gasteiger partial charge in [0.1, 0.15) is 0 Å². The molecule has 1 N–H and O–H groups in total. The molecule has 0 bridgehead atoms. The second-order valence-corrected chi connectivity index (χ2v) is 6.66. The van der Waals surface area contributed by atoms with Crippen molar-refractivity contribution in [1.29, 1.82) is 0 Å². The van der Waals surface area contributed by atoms with Gasteiger partial charge in [-0.05, 0) is 48.4 Å². The van der Waals surface area contributed by atoms with Crippen molar-refractivity contribution in [2.75, 3.05) is 11.9 Å². The number of ether oxygens (including phenoxy) is 1. The van der Waals surface area contributed by atoms with Crippen molar-refractivity contribution >= 4 is 11.6 Å². The summed E-state index contributed by atoms with van der Waals surface area (Å²) < 4.78 is 5.31. The number of amides is 1. The molecule has 30 heavy (non-hydrogen) atoms. The number of nitrogens with one attached hydrogen (secondary N) is 1. The Kier molecular flexibility index (Phi) is 5.80. The lowest BCUT2D eigenvalue weighted by Crippen LogP contribution is -2.11. The summed E-state index contributed by atoms with van der Waals surface area (Å²) in [5.41, 5.74) is 5.18. The second kappa shape index (κ2) is 9.01. The summed E-state index contributed by atoms with van der Waals surface area (Å²) in [7, 11) is 0. The Labute approximate surface area is 175 Å². The Morgan fingerprint density at radius 3 is 2.07 bits per heavy atom. The van der Waals surface area contributed by atoms with Crippen molar-refractivity contribution in [1.82, 2.24) is 10.2 Å². The molecular formula is C25H21N3O2. The molecule has 5 nitrogen and oxygen atoms in total. The first-order valence-corrected chi connectivity index (χ1v) is 9.77. The first kappa shape index (κ1) is 19.3. The molecule has 0 saturated carbocycles. The van der Waals surface area contributed by atoms with Crippen LogP contribution in [0.5, 0.6) is 5.88 Å². The smallest absolute Gasteiger partial charge is 0.255 e. The highest BCUT2D eigenvalue weighted by atomic mass is 16.5. The summed E-state index contributed by atoms with van der Waals surface area (Å²) in [6, 6.07) is 28.8. The monoisotopic (exact) mass is 395 g/mol. The van der Waals surface area contributed by atoms with Crippen molar-refractivity contribution < 1.29 is 9.53 Å². The molecule has 0 aliphatic heterocycles. The Hall–Kier alpha value is -3.99. The summed E-state index contributed by atoms with van der Waals surface area (Å²) in [6.45, 7) is 2.46. The predicted octanol–water partition coefficient (Wildman–Crippen LogP) is 5.46. The van der Waals surface area contributed by atoms with Crippen molar-refractivity contribution in [2.45, 2.75) is 6.92 Å². The minimum atomic E-state index is -0.150. The molecule has 5 heteroatoms. The van der Waals surface area contributed by atoms with Gasteiger partial charge in [0.2, 0.25) is 5.88 Å². The fourth-order valence-corrected chi connectivity index (χ4v) is 3.07. The maximum Gasteiger partial charge on any atom is 0.255 e. The summed E-state index contributed by atoms with van der Waals surface area (Å²) in [5, 5.41) is 11.1. The maximum absolute atomic E-state index is 12.6. The van der Waals surface area contributed by atoms with Gasteiger partial charge in [-0.1, -0.05) is 54.6 Å². The normalized spacial score (nSPS) is 10.4. The van der Waals surface area contributed by atoms with Crippen molar-refractivity contribution in [3.63, 3.8) is 0 Å². The van der Waals surface area contributed by atoms with Crippen LogP contribution in [0.1, 0.15) is 17.3 Å². The molecule has 0 saturated heterocycles. The highest BCUT2D eigenvalue weighted by Gasteiger charge is 2.08. The van der Waals surface area contributed by atoms with Crippen LogP contribution in [0.2, 0.25) is 0 Å². The second-order valence-electron chi connectivity index (χ2n) is 6.66. The van der Waals surface area contributed by atoms with Crippen LogP contribution < -0.4 is 10.1 Å². The molecule has 1 aromatic heterocycles. The third-order valence-electron chi connectivity index (χ3n) is 4.63. The molecule has 1 heterocycles. The zero-order valence-electron chi connectivity index (χ0n) is 16.6. The van der Waals surface area contributed by atoms with E-state index in [-0.39, 0.29) is 5.91 Å². The minimum absolute atomic E-state index is 0.150. The Bertz CT molecular complexity index is 1110. The van der Waals surface area contributed by atoms with E-state index < -0.39 is 0 Å². The van der Waals surface area contributed by atoms with Gasteiger partial charge < -0.3 is 10.1 Å². The van der Waals surface area contributed by atoms with Crippen LogP contribution in [0.4, 0.5) is 5.69 Å². The van der Waals surface area contributed by atoms with E-state index in [4.69, 9.17) is 4.74 Å². The third-order valence-corrected chi connectivity index (χ3v) is 4.63. The molecular weight excluding hydrogens is 374 g/mol. The van der Waals surface area contributed by atoms with E-state index in [1.54, 1.807) is 6.07 Å². The number of aromatic nitrogens is 2. The summed E-state index contributed by atoms with van der Waals surface area (Å²) in [6.07, 6.45) is 0. The lowest BCUT2D eigenvalue weighted by atomic mass is 10.0. The standard InChI is InChI=1S/C25H21N3O2/c1-2-30-24-17-16-23(27-28-24)20-12-14-22(15-13-20)26-25(29)21-10-8-19(9-11-21)18-6-4-3-5-7-18/h3-17H,2H2,1H3,(H,26,29). The molecule has 4 rings (SSSR count). The van der Waals surface area contributed by atoms with Crippen molar-refractivity contribution in [3.05, 3.63) is 96.6 Å². The number of carbonyl (C=O) groups excluding carboxylic acids is 1. The zero-order chi connectivity index (χ0) is 20.8. The average molecular weight is 395 g/mol. The molecule has 0 radical (unpaired) electrons. The van der Waals surface area contributed by atoms with Crippen LogP contribution >= 0.6 is 0 Å². The lowest BCUT2D eigenvalue weighted by molar-refractivity contribution is 0.102. The fourth-order valence-electron chi connectivity index (χ4n) is 3.07. The SMILES string of the molecule is CCOc1ccc(-c2ccc(NC(=O)c3ccc(-c4ccccc4)cc3)cc2)nn1. The van der Waals surface area contributed by atoms with Crippen molar-refractivity contribution in [2.24, 2.45) is 0 Å². The van der Waals surface area contributed by atoms with Gasteiger partial charge in [-0.2, -0.15) is 0 Å². The molecule has 0 fully saturated rings. The van der Waals surface area contributed by atoms with Gasteiger partial charge in [0, 0.05) is 22.9 Å². The van der Waals surface area contributed by atoms with E-state index in [2.05, 4.69) is 15.5 Å². The highest BCUT2D eigenvalue weighted by Crippen LogP contribution is 2.22. The van der Waals surface area contributed by atoms with E-state index in [1.165, 1.54) is 0 Å². The van der Waals surface area contributed by atoms with Crippen LogP contribution in [-0.4, -0.2) is 22.7 Å². The van der Waals surface area contributed by atoms with Crippen LogP contribution in [0.15, 0.2) is 91.0 Å². The number of carbonyl (C=O) groups is 1. The van der Waals surface area contributed by atoms with Crippen LogP contribution in [-0.2, 0) is 0 Å². The molecule has 0 spiro atoms. The Morgan fingerprint density at radius 1 is 0.767 bits per heavy atom. The summed E-state index contributed by atoms with van der Waals surface area (Å²) in [5.74, 6) is 0.353. The van der Waals surface area contributed by atoms with Crippen molar-refractivity contribution in [3.8, 4) is 28.3 Å². The first-order valence-electron chi connectivity index (χ1n) is 9.77. The van der Waals surface area contributed by atoms with Gasteiger partial charge >= 0.3 is 0 Å². The zero-order valence-corrected chi connectivity index (χ0v) is 16.6. The summed E-state index contributed by atoms with van der Waals surface area (Å²) >= 11 is 0. The largest absolute Gasteiger partial charge is 0.477 e. The van der Waals surface area contributed by atoms with Crippen LogP contribution in [0, 0.1) is 0 Å². The number of rotatable bonds is 6. The fraction of sp³-hybridized carbons (Fsp3) is 0.0800. The molecule has 0 unspecified atom stereocenters. The molecule has 148 valence electrons. The average Bonchev–Trinajstić information content (AvgIpc) is 2.81. The Morgan fingerprint density at radius 2 is 1.43 bits per heavy atom. The van der Waals surface area contributed by atoms with Gasteiger partial charge in [-0.15, -0.1) is 10.2 Å². The number of anilines is 1. The van der Waals surface area contributed by atoms with Crippen LogP contribution in [0.3, 0.4) is 0 Å². The molecule has 0 aliphatic rings. The number of hydrogen-bond acceptors (Lipinski definition) is 4. The van der Waals surface area contributed by atoms with Gasteiger partial charge in [0.25, 0.3) is 5.91 Å². The molecule has 4 aromatic rings. The van der Waals surface area contributed by atoms with E-state index in [9.17, 15) is 4.79 Å². The molecule has 0 atom stereocenters. The first-order chi connectivity index (χ1) is 14.7. The number of benzene rings is 3. The van der Waals surface area contributed by atoms with E-state index in [0.717, 1.165) is 28.1 Å². The van der Waals surface area contributed by atoms with E-state index in [0.29, 0.717) is 18.1 Å². The van der Waals surface area contributed by atoms with Gasteiger partial charge in [0.15, 0.2) is 0 Å². The van der Waals surface area contributed by atoms with E-state index in [1.807, 2.05) is 91.9 Å². The Balaban J connectivity index is 1.42. The van der Waals surface area contributed by atoms with Gasteiger partial charge in [-0.3, -0.25) is 4.79 Å². The maximum atomic E-state index is 12.6. The summed E-state index contributed by atoms with van der Waals surface area (Å²) in [4.78, 5) is 12.6. The van der Waals surface area contributed by atoms with Gasteiger partial charge in [-0.25, -0.2) is 0 Å². The molecule has 3 aromatic carbocycles. The molecule has 0 aliphatic carbocycles. The number of hydrogen-bond donors (Lipinski definition) is 1. The quantitative estimate of drug-likeness (QED) is 0.471. The van der Waals surface area contributed by atoms with E-state index >= 15 is 0 Å². The van der Waals surface area contributed by atoms with Crippen LogP contribution in [0.25, 0.3) is 22.4 Å². The van der Waals surface area contributed by atoms with Gasteiger partial charge in [0.05, 0.1) is 12.3 Å².